The maximum Gasteiger partial charge on any atom is 0.262 e. The van der Waals surface area contributed by atoms with Crippen LogP contribution in [0.3, 0.4) is 0 Å². The molecule has 21 heavy (non-hydrogen) atoms. The average molecular weight is 351 g/mol. The third-order valence-electron chi connectivity index (χ3n) is 2.71. The molecule has 0 radical (unpaired) electrons. The zero-order chi connectivity index (χ0) is 15.2. The molecule has 2 aromatic rings. The summed E-state index contributed by atoms with van der Waals surface area (Å²) in [6, 6.07) is 12.3. The number of carbonyl (C=O) groups is 1. The number of anilines is 2. The quantitative estimate of drug-likeness (QED) is 0.812. The maximum absolute atomic E-state index is 11.8. The number of benzene rings is 2. The largest absolute Gasteiger partial charge is 0.496 e. The van der Waals surface area contributed by atoms with Crippen LogP contribution < -0.4 is 20.5 Å². The van der Waals surface area contributed by atoms with E-state index in [0.29, 0.717) is 22.9 Å². The van der Waals surface area contributed by atoms with Crippen LogP contribution in [0.5, 0.6) is 11.5 Å². The second kappa shape index (κ2) is 6.99. The van der Waals surface area contributed by atoms with Crippen molar-refractivity contribution in [3.8, 4) is 11.5 Å². The molecule has 1 amide bonds. The maximum atomic E-state index is 11.8. The standard InChI is InChI=1S/C15H15BrN2O3/c1-20-13-7-6-10(8-11(13)16)18-15(19)9-21-14-5-3-2-4-12(14)17/h2-8H,9,17H2,1H3,(H,18,19). The Morgan fingerprint density at radius 1 is 1.24 bits per heavy atom. The van der Waals surface area contributed by atoms with Crippen molar-refractivity contribution in [3.05, 3.63) is 46.9 Å². The van der Waals surface area contributed by atoms with Crippen molar-refractivity contribution in [1.29, 1.82) is 0 Å². The lowest BCUT2D eigenvalue weighted by Crippen LogP contribution is -2.20. The van der Waals surface area contributed by atoms with Crippen molar-refractivity contribution < 1.29 is 14.3 Å². The van der Waals surface area contributed by atoms with Crippen LogP contribution in [0.1, 0.15) is 0 Å². The molecule has 0 fully saturated rings. The molecule has 2 rings (SSSR count). The first-order chi connectivity index (χ1) is 10.1. The van der Waals surface area contributed by atoms with E-state index in [0.717, 1.165) is 4.47 Å². The van der Waals surface area contributed by atoms with Gasteiger partial charge >= 0.3 is 0 Å². The molecule has 3 N–H and O–H groups in total. The van der Waals surface area contributed by atoms with Crippen LogP contribution in [-0.2, 0) is 4.79 Å². The number of methoxy groups -OCH3 is 1. The van der Waals surface area contributed by atoms with Gasteiger partial charge in [-0.3, -0.25) is 4.79 Å². The van der Waals surface area contributed by atoms with E-state index in [2.05, 4.69) is 21.2 Å². The number of nitrogens with two attached hydrogens (primary N) is 1. The monoisotopic (exact) mass is 350 g/mol. The van der Waals surface area contributed by atoms with Gasteiger partial charge in [0.1, 0.15) is 11.5 Å². The lowest BCUT2D eigenvalue weighted by molar-refractivity contribution is -0.118. The average Bonchev–Trinajstić information content (AvgIpc) is 2.46. The molecule has 0 spiro atoms. The molecule has 5 nitrogen and oxygen atoms in total. The molecular formula is C15H15BrN2O3. The van der Waals surface area contributed by atoms with E-state index in [1.54, 1.807) is 49.6 Å². The first kappa shape index (κ1) is 15.2. The van der Waals surface area contributed by atoms with E-state index in [-0.39, 0.29) is 12.5 Å². The van der Waals surface area contributed by atoms with Gasteiger partial charge in [-0.05, 0) is 46.3 Å². The van der Waals surface area contributed by atoms with Gasteiger partial charge in [0, 0.05) is 5.69 Å². The number of hydrogen-bond acceptors (Lipinski definition) is 4. The van der Waals surface area contributed by atoms with E-state index >= 15 is 0 Å². The van der Waals surface area contributed by atoms with Gasteiger partial charge in [-0.2, -0.15) is 0 Å². The normalized spacial score (nSPS) is 10.0. The van der Waals surface area contributed by atoms with E-state index in [4.69, 9.17) is 15.2 Å². The van der Waals surface area contributed by atoms with Gasteiger partial charge in [-0.25, -0.2) is 0 Å². The Kier molecular flexibility index (Phi) is 5.05. The van der Waals surface area contributed by atoms with Gasteiger partial charge in [0.15, 0.2) is 6.61 Å². The third-order valence-corrected chi connectivity index (χ3v) is 3.33. The summed E-state index contributed by atoms with van der Waals surface area (Å²) in [5.41, 5.74) is 6.88. The second-order valence-electron chi connectivity index (χ2n) is 4.22. The van der Waals surface area contributed by atoms with Crippen LogP contribution in [0.15, 0.2) is 46.9 Å². The molecular weight excluding hydrogens is 336 g/mol. The number of amides is 1. The van der Waals surface area contributed by atoms with E-state index < -0.39 is 0 Å². The summed E-state index contributed by atoms with van der Waals surface area (Å²) >= 11 is 3.36. The lowest BCUT2D eigenvalue weighted by Gasteiger charge is -2.10. The summed E-state index contributed by atoms with van der Waals surface area (Å²) in [5.74, 6) is 0.917. The Morgan fingerprint density at radius 2 is 2.00 bits per heavy atom. The zero-order valence-corrected chi connectivity index (χ0v) is 13.0. The van der Waals surface area contributed by atoms with E-state index in [1.807, 2.05) is 0 Å². The minimum absolute atomic E-state index is 0.113. The summed E-state index contributed by atoms with van der Waals surface area (Å²) in [7, 11) is 1.58. The number of hydrogen-bond donors (Lipinski definition) is 2. The number of para-hydroxylation sites is 2. The van der Waals surface area contributed by atoms with Crippen molar-refractivity contribution in [2.75, 3.05) is 24.8 Å². The van der Waals surface area contributed by atoms with Crippen LogP contribution >= 0.6 is 15.9 Å². The molecule has 0 heterocycles. The topological polar surface area (TPSA) is 73.6 Å². The SMILES string of the molecule is COc1ccc(NC(=O)COc2ccccc2N)cc1Br. The summed E-state index contributed by atoms with van der Waals surface area (Å²) in [4.78, 5) is 11.8. The first-order valence-electron chi connectivity index (χ1n) is 6.21. The van der Waals surface area contributed by atoms with Gasteiger partial charge in [-0.15, -0.1) is 0 Å². The Labute approximate surface area is 131 Å². The Morgan fingerprint density at radius 3 is 2.67 bits per heavy atom. The summed E-state index contributed by atoms with van der Waals surface area (Å²) in [6.45, 7) is -0.113. The van der Waals surface area contributed by atoms with Gasteiger partial charge in [0.2, 0.25) is 0 Å². The number of rotatable bonds is 5. The molecule has 0 saturated heterocycles. The smallest absolute Gasteiger partial charge is 0.262 e. The van der Waals surface area contributed by atoms with Crippen molar-refractivity contribution in [2.24, 2.45) is 0 Å². The highest BCUT2D eigenvalue weighted by molar-refractivity contribution is 9.10. The highest BCUT2D eigenvalue weighted by Gasteiger charge is 2.07. The Bertz CT molecular complexity index is 647. The summed E-state index contributed by atoms with van der Waals surface area (Å²) in [6.07, 6.45) is 0. The number of ether oxygens (including phenoxy) is 2. The van der Waals surface area contributed by atoms with Gasteiger partial charge in [0.25, 0.3) is 5.91 Å². The summed E-state index contributed by atoms with van der Waals surface area (Å²) < 4.78 is 11.3. The molecule has 0 bridgehead atoms. The number of nitrogen functional groups attached to an aromatic ring is 1. The molecule has 110 valence electrons. The van der Waals surface area contributed by atoms with Crippen LogP contribution in [0, 0.1) is 0 Å². The van der Waals surface area contributed by atoms with Crippen molar-refractivity contribution in [2.45, 2.75) is 0 Å². The minimum atomic E-state index is -0.268. The van der Waals surface area contributed by atoms with Gasteiger partial charge in [0.05, 0.1) is 17.3 Å². The molecule has 0 aromatic heterocycles. The third kappa shape index (κ3) is 4.13. The van der Waals surface area contributed by atoms with Gasteiger partial charge < -0.3 is 20.5 Å². The van der Waals surface area contributed by atoms with Crippen LogP contribution in [0.2, 0.25) is 0 Å². The zero-order valence-electron chi connectivity index (χ0n) is 11.4. The second-order valence-corrected chi connectivity index (χ2v) is 5.08. The number of carbonyl (C=O) groups excluding carboxylic acids is 1. The molecule has 0 aliphatic carbocycles. The molecule has 0 saturated carbocycles. The number of nitrogens with one attached hydrogen (secondary N) is 1. The predicted octanol–water partition coefficient (Wildman–Crippen LogP) is 3.06. The highest BCUT2D eigenvalue weighted by Crippen LogP contribution is 2.27. The molecule has 0 unspecified atom stereocenters. The fourth-order valence-corrected chi connectivity index (χ4v) is 2.24. The minimum Gasteiger partial charge on any atom is -0.496 e. The van der Waals surface area contributed by atoms with Crippen LogP contribution in [0.4, 0.5) is 11.4 Å². The number of halogens is 1. The van der Waals surface area contributed by atoms with Gasteiger partial charge in [-0.1, -0.05) is 12.1 Å². The fourth-order valence-electron chi connectivity index (χ4n) is 1.70. The van der Waals surface area contributed by atoms with Crippen LogP contribution in [-0.4, -0.2) is 19.6 Å². The molecule has 6 heteroatoms. The predicted molar refractivity (Wildman–Crippen MR) is 85.7 cm³/mol. The molecule has 0 aliphatic heterocycles. The lowest BCUT2D eigenvalue weighted by atomic mass is 10.3. The summed E-state index contributed by atoms with van der Waals surface area (Å²) in [5, 5.41) is 2.73. The highest BCUT2D eigenvalue weighted by atomic mass is 79.9. The fraction of sp³-hybridized carbons (Fsp3) is 0.133. The Balaban J connectivity index is 1.93. The van der Waals surface area contributed by atoms with Crippen molar-refractivity contribution >= 4 is 33.2 Å². The Hall–Kier alpha value is -2.21. The molecule has 0 atom stereocenters. The molecule has 2 aromatic carbocycles. The van der Waals surface area contributed by atoms with E-state index in [9.17, 15) is 4.79 Å². The van der Waals surface area contributed by atoms with Crippen molar-refractivity contribution in [1.82, 2.24) is 0 Å². The molecule has 0 aliphatic rings. The van der Waals surface area contributed by atoms with Crippen LogP contribution in [0.25, 0.3) is 0 Å². The first-order valence-corrected chi connectivity index (χ1v) is 7.00. The van der Waals surface area contributed by atoms with Crippen molar-refractivity contribution in [3.63, 3.8) is 0 Å². The van der Waals surface area contributed by atoms with E-state index in [1.165, 1.54) is 0 Å².